The average molecular weight is 281 g/mol. The van der Waals surface area contributed by atoms with Crippen LogP contribution in [0.2, 0.25) is 0 Å². The number of hydrogen-bond donors (Lipinski definition) is 2. The van der Waals surface area contributed by atoms with Gasteiger partial charge in [0.25, 0.3) is 0 Å². The molecule has 0 bridgehead atoms. The molecule has 1 saturated heterocycles. The standard InChI is InChI=1S/C14H23N3OS/c1-10(2)14-17-12(9-19-14)5-8-16-13(18)11-3-6-15-7-4-11/h9-11,15H,3-8H2,1-2H3,(H,16,18). The SMILES string of the molecule is CC(C)c1nc(CCNC(=O)C2CCNCC2)cs1. The van der Waals surface area contributed by atoms with Crippen LogP contribution >= 0.6 is 11.3 Å². The molecule has 1 aliphatic heterocycles. The van der Waals surface area contributed by atoms with E-state index in [1.54, 1.807) is 11.3 Å². The maximum atomic E-state index is 11.9. The lowest BCUT2D eigenvalue weighted by Crippen LogP contribution is -2.38. The van der Waals surface area contributed by atoms with Crippen LogP contribution in [0.3, 0.4) is 0 Å². The van der Waals surface area contributed by atoms with Crippen molar-refractivity contribution in [3.8, 4) is 0 Å². The van der Waals surface area contributed by atoms with Crippen molar-refractivity contribution >= 4 is 17.2 Å². The average Bonchev–Trinajstić information content (AvgIpc) is 2.89. The number of aromatic nitrogens is 1. The first-order chi connectivity index (χ1) is 9.16. The Balaban J connectivity index is 1.71. The lowest BCUT2D eigenvalue weighted by Gasteiger charge is -2.21. The van der Waals surface area contributed by atoms with Crippen LogP contribution < -0.4 is 10.6 Å². The highest BCUT2D eigenvalue weighted by Gasteiger charge is 2.20. The molecule has 1 aromatic heterocycles. The summed E-state index contributed by atoms with van der Waals surface area (Å²) in [6.45, 7) is 6.93. The zero-order valence-electron chi connectivity index (χ0n) is 11.7. The van der Waals surface area contributed by atoms with E-state index in [1.165, 1.54) is 5.01 Å². The van der Waals surface area contributed by atoms with Crippen LogP contribution in [0.4, 0.5) is 0 Å². The third-order valence-corrected chi connectivity index (χ3v) is 4.65. The zero-order valence-corrected chi connectivity index (χ0v) is 12.6. The molecule has 1 aliphatic rings. The fourth-order valence-corrected chi connectivity index (χ4v) is 3.11. The van der Waals surface area contributed by atoms with E-state index in [0.717, 1.165) is 38.0 Å². The smallest absolute Gasteiger partial charge is 0.223 e. The van der Waals surface area contributed by atoms with Crippen molar-refractivity contribution in [2.75, 3.05) is 19.6 Å². The van der Waals surface area contributed by atoms with E-state index in [-0.39, 0.29) is 11.8 Å². The Morgan fingerprint density at radius 1 is 1.53 bits per heavy atom. The largest absolute Gasteiger partial charge is 0.355 e. The van der Waals surface area contributed by atoms with E-state index in [1.807, 2.05) is 0 Å². The fourth-order valence-electron chi connectivity index (χ4n) is 2.24. The second-order valence-corrected chi connectivity index (χ2v) is 6.29. The Hall–Kier alpha value is -0.940. The molecule has 0 radical (unpaired) electrons. The highest BCUT2D eigenvalue weighted by atomic mass is 32.1. The second kappa shape index (κ2) is 7.01. The Labute approximate surface area is 119 Å². The van der Waals surface area contributed by atoms with Gasteiger partial charge in [-0.1, -0.05) is 13.8 Å². The molecule has 0 atom stereocenters. The summed E-state index contributed by atoms with van der Waals surface area (Å²) in [5, 5.41) is 9.60. The number of nitrogens with one attached hydrogen (secondary N) is 2. The van der Waals surface area contributed by atoms with Gasteiger partial charge in [-0.05, 0) is 25.9 Å². The predicted molar refractivity (Wildman–Crippen MR) is 78.5 cm³/mol. The van der Waals surface area contributed by atoms with Crippen LogP contribution in [-0.4, -0.2) is 30.5 Å². The van der Waals surface area contributed by atoms with E-state index >= 15 is 0 Å². The molecule has 4 nitrogen and oxygen atoms in total. The van der Waals surface area contributed by atoms with Gasteiger partial charge >= 0.3 is 0 Å². The quantitative estimate of drug-likeness (QED) is 0.867. The Kier molecular flexibility index (Phi) is 5.34. The summed E-state index contributed by atoms with van der Waals surface area (Å²) in [5.74, 6) is 0.895. The molecule has 2 N–H and O–H groups in total. The van der Waals surface area contributed by atoms with Gasteiger partial charge in [-0.3, -0.25) is 4.79 Å². The molecular formula is C14H23N3OS. The van der Waals surface area contributed by atoms with Crippen molar-refractivity contribution in [2.24, 2.45) is 5.92 Å². The highest BCUT2D eigenvalue weighted by molar-refractivity contribution is 7.09. The molecule has 1 aromatic rings. The first kappa shape index (κ1) is 14.5. The zero-order chi connectivity index (χ0) is 13.7. The molecule has 0 saturated carbocycles. The molecule has 5 heteroatoms. The monoisotopic (exact) mass is 281 g/mol. The lowest BCUT2D eigenvalue weighted by molar-refractivity contribution is -0.125. The summed E-state index contributed by atoms with van der Waals surface area (Å²) in [6.07, 6.45) is 2.75. The third-order valence-electron chi connectivity index (χ3n) is 3.45. The molecule has 0 spiro atoms. The Bertz CT molecular complexity index is 411. The first-order valence-corrected chi connectivity index (χ1v) is 7.97. The molecule has 0 aromatic carbocycles. The van der Waals surface area contributed by atoms with Crippen LogP contribution in [0.25, 0.3) is 0 Å². The minimum Gasteiger partial charge on any atom is -0.355 e. The van der Waals surface area contributed by atoms with Crippen LogP contribution in [0, 0.1) is 5.92 Å². The molecule has 1 fully saturated rings. The number of carbonyl (C=O) groups excluding carboxylic acids is 1. The van der Waals surface area contributed by atoms with Gasteiger partial charge in [0.1, 0.15) is 0 Å². The van der Waals surface area contributed by atoms with Gasteiger partial charge in [-0.15, -0.1) is 11.3 Å². The summed E-state index contributed by atoms with van der Waals surface area (Å²) in [7, 11) is 0. The van der Waals surface area contributed by atoms with Crippen LogP contribution in [0.15, 0.2) is 5.38 Å². The molecule has 1 amide bonds. The van der Waals surface area contributed by atoms with Gasteiger partial charge < -0.3 is 10.6 Å². The normalized spacial score (nSPS) is 16.8. The molecule has 19 heavy (non-hydrogen) atoms. The third kappa shape index (κ3) is 4.28. The van der Waals surface area contributed by atoms with E-state index in [2.05, 4.69) is 34.8 Å². The maximum Gasteiger partial charge on any atom is 0.223 e. The summed E-state index contributed by atoms with van der Waals surface area (Å²) in [6, 6.07) is 0. The minimum atomic E-state index is 0.197. The number of hydrogen-bond acceptors (Lipinski definition) is 4. The molecule has 2 rings (SSSR count). The summed E-state index contributed by atoms with van der Waals surface area (Å²) >= 11 is 1.71. The van der Waals surface area contributed by atoms with Crippen molar-refractivity contribution in [3.63, 3.8) is 0 Å². The van der Waals surface area contributed by atoms with E-state index in [0.29, 0.717) is 12.5 Å². The van der Waals surface area contributed by atoms with Gasteiger partial charge in [0, 0.05) is 30.2 Å². The maximum absolute atomic E-state index is 11.9. The van der Waals surface area contributed by atoms with Crippen LogP contribution in [0.5, 0.6) is 0 Å². The number of thiazole rings is 1. The van der Waals surface area contributed by atoms with Crippen molar-refractivity contribution in [1.29, 1.82) is 0 Å². The topological polar surface area (TPSA) is 54.0 Å². The number of carbonyl (C=O) groups is 1. The number of nitrogens with zero attached hydrogens (tertiary/aromatic N) is 1. The van der Waals surface area contributed by atoms with Gasteiger partial charge in [0.2, 0.25) is 5.91 Å². The van der Waals surface area contributed by atoms with Crippen LogP contribution in [0.1, 0.15) is 43.3 Å². The Morgan fingerprint density at radius 2 is 2.26 bits per heavy atom. The number of piperidine rings is 1. The number of amides is 1. The van der Waals surface area contributed by atoms with Crippen LogP contribution in [-0.2, 0) is 11.2 Å². The second-order valence-electron chi connectivity index (χ2n) is 5.40. The predicted octanol–water partition coefficient (Wildman–Crippen LogP) is 1.92. The van der Waals surface area contributed by atoms with Crippen molar-refractivity contribution in [1.82, 2.24) is 15.6 Å². The van der Waals surface area contributed by atoms with E-state index < -0.39 is 0 Å². The minimum absolute atomic E-state index is 0.197. The lowest BCUT2D eigenvalue weighted by atomic mass is 9.97. The molecular weight excluding hydrogens is 258 g/mol. The summed E-state index contributed by atoms with van der Waals surface area (Å²) in [4.78, 5) is 16.5. The van der Waals surface area contributed by atoms with Crippen molar-refractivity contribution in [2.45, 2.75) is 39.0 Å². The summed E-state index contributed by atoms with van der Waals surface area (Å²) in [5.41, 5.74) is 1.10. The van der Waals surface area contributed by atoms with Gasteiger partial charge in [0.15, 0.2) is 0 Å². The van der Waals surface area contributed by atoms with E-state index in [4.69, 9.17) is 0 Å². The molecule has 0 unspecified atom stereocenters. The van der Waals surface area contributed by atoms with E-state index in [9.17, 15) is 4.79 Å². The fraction of sp³-hybridized carbons (Fsp3) is 0.714. The van der Waals surface area contributed by atoms with Gasteiger partial charge in [-0.2, -0.15) is 0 Å². The molecule has 0 aliphatic carbocycles. The highest BCUT2D eigenvalue weighted by Crippen LogP contribution is 2.19. The first-order valence-electron chi connectivity index (χ1n) is 7.09. The van der Waals surface area contributed by atoms with Crippen molar-refractivity contribution < 1.29 is 4.79 Å². The molecule has 2 heterocycles. The number of rotatable bonds is 5. The van der Waals surface area contributed by atoms with Gasteiger partial charge in [0.05, 0.1) is 10.7 Å². The Morgan fingerprint density at radius 3 is 2.89 bits per heavy atom. The summed E-state index contributed by atoms with van der Waals surface area (Å²) < 4.78 is 0. The van der Waals surface area contributed by atoms with Gasteiger partial charge in [-0.25, -0.2) is 4.98 Å². The molecule has 106 valence electrons. The van der Waals surface area contributed by atoms with Crippen molar-refractivity contribution in [3.05, 3.63) is 16.1 Å².